The molecular formula is C12H21F3N2O. The van der Waals surface area contributed by atoms with Crippen LogP contribution >= 0.6 is 0 Å². The van der Waals surface area contributed by atoms with Crippen molar-refractivity contribution in [3.05, 3.63) is 0 Å². The number of likely N-dealkylation sites (tertiary alicyclic amines) is 1. The summed E-state index contributed by atoms with van der Waals surface area (Å²) in [6.45, 7) is 1.88. The van der Waals surface area contributed by atoms with Crippen LogP contribution in [-0.2, 0) is 0 Å². The smallest absolute Gasteiger partial charge is 0.389 e. The van der Waals surface area contributed by atoms with Crippen LogP contribution in [0.3, 0.4) is 0 Å². The molecule has 0 bridgehead atoms. The van der Waals surface area contributed by atoms with Crippen LogP contribution in [0.1, 0.15) is 25.7 Å². The molecule has 1 saturated carbocycles. The minimum Gasteiger partial charge on any atom is -0.395 e. The molecule has 0 radical (unpaired) electrons. The Morgan fingerprint density at radius 2 is 1.94 bits per heavy atom. The zero-order valence-corrected chi connectivity index (χ0v) is 10.4. The summed E-state index contributed by atoms with van der Waals surface area (Å²) in [5.41, 5.74) is 0. The molecule has 0 aromatic rings. The molecule has 1 saturated heterocycles. The number of halogens is 3. The average molecular weight is 266 g/mol. The van der Waals surface area contributed by atoms with E-state index in [1.165, 1.54) is 0 Å². The van der Waals surface area contributed by atoms with Gasteiger partial charge in [-0.3, -0.25) is 4.90 Å². The van der Waals surface area contributed by atoms with Crippen LogP contribution in [0.4, 0.5) is 13.2 Å². The van der Waals surface area contributed by atoms with E-state index in [1.54, 1.807) is 0 Å². The fourth-order valence-electron chi connectivity index (χ4n) is 2.87. The molecule has 2 fully saturated rings. The molecule has 2 N–H and O–H groups in total. The summed E-state index contributed by atoms with van der Waals surface area (Å²) >= 11 is 0. The third-order valence-corrected chi connectivity index (χ3v) is 3.69. The van der Waals surface area contributed by atoms with E-state index in [1.807, 2.05) is 0 Å². The fourth-order valence-corrected chi connectivity index (χ4v) is 2.87. The monoisotopic (exact) mass is 266 g/mol. The molecule has 0 spiro atoms. The van der Waals surface area contributed by atoms with E-state index in [9.17, 15) is 13.2 Å². The zero-order chi connectivity index (χ0) is 13.2. The number of rotatable bonds is 5. The van der Waals surface area contributed by atoms with Gasteiger partial charge in [-0.15, -0.1) is 0 Å². The van der Waals surface area contributed by atoms with Gasteiger partial charge in [0.1, 0.15) is 0 Å². The van der Waals surface area contributed by atoms with Gasteiger partial charge in [0.25, 0.3) is 0 Å². The molecule has 1 heterocycles. The Kier molecular flexibility index (Phi) is 4.50. The number of alkyl halides is 3. The molecule has 6 heteroatoms. The molecule has 2 unspecified atom stereocenters. The van der Waals surface area contributed by atoms with E-state index in [-0.39, 0.29) is 18.6 Å². The molecule has 2 atom stereocenters. The third-order valence-electron chi connectivity index (χ3n) is 3.69. The van der Waals surface area contributed by atoms with Gasteiger partial charge in [-0.2, -0.15) is 13.2 Å². The van der Waals surface area contributed by atoms with Crippen LogP contribution < -0.4 is 5.32 Å². The molecule has 1 aliphatic carbocycles. The predicted molar refractivity (Wildman–Crippen MR) is 62.3 cm³/mol. The Labute approximate surface area is 105 Å². The van der Waals surface area contributed by atoms with Gasteiger partial charge in [0, 0.05) is 38.1 Å². The highest BCUT2D eigenvalue weighted by molar-refractivity contribution is 4.92. The Morgan fingerprint density at radius 1 is 1.22 bits per heavy atom. The second-order valence-electron chi connectivity index (χ2n) is 5.48. The molecule has 18 heavy (non-hydrogen) atoms. The number of piperidine rings is 1. The lowest BCUT2D eigenvalue weighted by Crippen LogP contribution is -2.51. The first kappa shape index (κ1) is 14.1. The number of aliphatic hydroxyl groups is 1. The van der Waals surface area contributed by atoms with Gasteiger partial charge < -0.3 is 10.4 Å². The Hall–Kier alpha value is -0.330. The van der Waals surface area contributed by atoms with Crippen molar-refractivity contribution in [1.29, 1.82) is 0 Å². The van der Waals surface area contributed by atoms with Crippen molar-refractivity contribution >= 4 is 0 Å². The first-order valence-corrected chi connectivity index (χ1v) is 6.63. The lowest BCUT2D eigenvalue weighted by molar-refractivity contribution is -0.149. The first-order valence-electron chi connectivity index (χ1n) is 6.63. The lowest BCUT2D eigenvalue weighted by atomic mass is 9.91. The van der Waals surface area contributed by atoms with Crippen molar-refractivity contribution in [3.63, 3.8) is 0 Å². The van der Waals surface area contributed by atoms with E-state index in [4.69, 9.17) is 5.11 Å². The first-order chi connectivity index (χ1) is 8.48. The van der Waals surface area contributed by atoms with Crippen molar-refractivity contribution in [2.75, 3.05) is 26.2 Å². The van der Waals surface area contributed by atoms with Crippen molar-refractivity contribution in [2.24, 2.45) is 5.92 Å². The topological polar surface area (TPSA) is 35.5 Å². The Balaban J connectivity index is 1.88. The number of nitrogens with one attached hydrogen (secondary N) is 1. The second-order valence-corrected chi connectivity index (χ2v) is 5.48. The lowest BCUT2D eigenvalue weighted by Gasteiger charge is -2.38. The molecular weight excluding hydrogens is 245 g/mol. The predicted octanol–water partition coefficient (Wildman–Crippen LogP) is 1.37. The molecule has 106 valence electrons. The second kappa shape index (κ2) is 5.75. The summed E-state index contributed by atoms with van der Waals surface area (Å²) in [6, 6.07) is 0.582. The number of aliphatic hydroxyl groups excluding tert-OH is 1. The van der Waals surface area contributed by atoms with Gasteiger partial charge in [0.15, 0.2) is 0 Å². The summed E-state index contributed by atoms with van der Waals surface area (Å²) < 4.78 is 37.5. The molecule has 1 aliphatic heterocycles. The molecule has 0 aromatic heterocycles. The summed E-state index contributed by atoms with van der Waals surface area (Å²) in [4.78, 5) is 2.19. The van der Waals surface area contributed by atoms with Gasteiger partial charge in [0.2, 0.25) is 0 Å². The van der Waals surface area contributed by atoms with E-state index in [0.717, 1.165) is 19.4 Å². The minimum absolute atomic E-state index is 0.0316. The molecule has 0 aromatic carbocycles. The number of nitrogens with zero attached hydrogens (tertiary/aromatic N) is 1. The SMILES string of the molecule is OCCNC1CC(CC(F)(F)F)CN(C2CC2)C1. The fraction of sp³-hybridized carbons (Fsp3) is 1.00. The van der Waals surface area contributed by atoms with Crippen LogP contribution in [-0.4, -0.2) is 54.5 Å². The summed E-state index contributed by atoms with van der Waals surface area (Å²) in [6.07, 6.45) is -1.97. The van der Waals surface area contributed by atoms with Gasteiger partial charge in [-0.05, 0) is 25.2 Å². The maximum atomic E-state index is 12.5. The van der Waals surface area contributed by atoms with Gasteiger partial charge in [-0.1, -0.05) is 0 Å². The molecule has 0 amide bonds. The normalized spacial score (nSPS) is 30.7. The average Bonchev–Trinajstić information content (AvgIpc) is 3.07. The van der Waals surface area contributed by atoms with Crippen molar-refractivity contribution in [3.8, 4) is 0 Å². The highest BCUT2D eigenvalue weighted by Gasteiger charge is 2.40. The molecule has 2 rings (SSSR count). The van der Waals surface area contributed by atoms with Gasteiger partial charge in [-0.25, -0.2) is 0 Å². The Bertz CT molecular complexity index is 269. The summed E-state index contributed by atoms with van der Waals surface area (Å²) in [5, 5.41) is 11.9. The van der Waals surface area contributed by atoms with Crippen LogP contribution in [0.5, 0.6) is 0 Å². The van der Waals surface area contributed by atoms with Gasteiger partial charge >= 0.3 is 6.18 Å². The van der Waals surface area contributed by atoms with Crippen molar-refractivity contribution in [1.82, 2.24) is 10.2 Å². The van der Waals surface area contributed by atoms with E-state index < -0.39 is 12.6 Å². The van der Waals surface area contributed by atoms with Crippen molar-refractivity contribution in [2.45, 2.75) is 43.9 Å². The zero-order valence-electron chi connectivity index (χ0n) is 10.4. The van der Waals surface area contributed by atoms with Crippen molar-refractivity contribution < 1.29 is 18.3 Å². The highest BCUT2D eigenvalue weighted by Crippen LogP contribution is 2.35. The van der Waals surface area contributed by atoms with Crippen LogP contribution in [0.15, 0.2) is 0 Å². The highest BCUT2D eigenvalue weighted by atomic mass is 19.4. The number of hydrogen-bond acceptors (Lipinski definition) is 3. The Morgan fingerprint density at radius 3 is 2.50 bits per heavy atom. The minimum atomic E-state index is -4.07. The van der Waals surface area contributed by atoms with E-state index in [0.29, 0.717) is 25.6 Å². The quantitative estimate of drug-likeness (QED) is 0.789. The largest absolute Gasteiger partial charge is 0.395 e. The maximum absolute atomic E-state index is 12.5. The number of hydrogen-bond donors (Lipinski definition) is 2. The van der Waals surface area contributed by atoms with Crippen LogP contribution in [0, 0.1) is 5.92 Å². The summed E-state index contributed by atoms with van der Waals surface area (Å²) in [5.74, 6) is -0.310. The van der Waals surface area contributed by atoms with E-state index in [2.05, 4.69) is 10.2 Å². The van der Waals surface area contributed by atoms with Gasteiger partial charge in [0.05, 0.1) is 6.61 Å². The maximum Gasteiger partial charge on any atom is 0.389 e. The molecule has 2 aliphatic rings. The molecule has 3 nitrogen and oxygen atoms in total. The third kappa shape index (κ3) is 4.40. The summed E-state index contributed by atoms with van der Waals surface area (Å²) in [7, 11) is 0. The van der Waals surface area contributed by atoms with E-state index >= 15 is 0 Å². The van der Waals surface area contributed by atoms with Crippen LogP contribution in [0.25, 0.3) is 0 Å². The standard InChI is InChI=1S/C12H21F3N2O/c13-12(14,15)6-9-5-10(16-3-4-18)8-17(7-9)11-1-2-11/h9-11,16,18H,1-8H2. The van der Waals surface area contributed by atoms with Crippen LogP contribution in [0.2, 0.25) is 0 Å².